The molecule has 1 atom stereocenters. The second kappa shape index (κ2) is 7.93. The van der Waals surface area contributed by atoms with Crippen molar-refractivity contribution in [3.8, 4) is 22.4 Å². The first-order valence-corrected chi connectivity index (χ1v) is 9.03. The molecule has 0 aliphatic carbocycles. The summed E-state index contributed by atoms with van der Waals surface area (Å²) in [5.74, 6) is -1.10. The first-order valence-electron chi connectivity index (χ1n) is 9.03. The summed E-state index contributed by atoms with van der Waals surface area (Å²) in [7, 11) is 0. The van der Waals surface area contributed by atoms with Gasteiger partial charge in [0.05, 0.1) is 30.0 Å². The molecule has 0 saturated heterocycles. The molecule has 1 aromatic carbocycles. The molecule has 0 aliphatic heterocycles. The minimum atomic E-state index is -0.644. The van der Waals surface area contributed by atoms with Gasteiger partial charge in [-0.2, -0.15) is 10.2 Å². The van der Waals surface area contributed by atoms with Gasteiger partial charge in [-0.25, -0.2) is 0 Å². The third-order valence-electron chi connectivity index (χ3n) is 4.70. The maximum atomic E-state index is 12.3. The number of carbonyl (C=O) groups excluding carboxylic acids is 1. The van der Waals surface area contributed by atoms with Crippen LogP contribution in [0.5, 0.6) is 0 Å². The number of aryl methyl sites for hydroxylation is 1. The summed E-state index contributed by atoms with van der Waals surface area (Å²) < 4.78 is 0. The van der Waals surface area contributed by atoms with Crippen LogP contribution in [0.2, 0.25) is 0 Å². The number of benzene rings is 1. The molecule has 0 spiro atoms. The summed E-state index contributed by atoms with van der Waals surface area (Å²) >= 11 is 0. The average Bonchev–Trinajstić information content (AvgIpc) is 2.75. The Morgan fingerprint density at radius 2 is 1.79 bits per heavy atom. The Kier molecular flexibility index (Phi) is 5.03. The zero-order valence-electron chi connectivity index (χ0n) is 15.7. The fourth-order valence-corrected chi connectivity index (χ4v) is 3.30. The van der Waals surface area contributed by atoms with E-state index in [1.807, 2.05) is 37.3 Å². The fourth-order valence-electron chi connectivity index (χ4n) is 3.30. The Hall–Kier alpha value is -4.00. The maximum Gasteiger partial charge on any atom is 0.231 e. The molecule has 0 radical (unpaired) electrons. The van der Waals surface area contributed by atoms with E-state index in [1.54, 1.807) is 43.2 Å². The molecule has 0 aliphatic rings. The van der Waals surface area contributed by atoms with Crippen molar-refractivity contribution in [2.24, 2.45) is 5.73 Å². The molecule has 1 amide bonds. The van der Waals surface area contributed by atoms with Gasteiger partial charge in [0.2, 0.25) is 5.91 Å². The molecule has 4 rings (SSSR count). The molecule has 0 saturated carbocycles. The Morgan fingerprint density at radius 1 is 0.897 bits per heavy atom. The van der Waals surface area contributed by atoms with Crippen molar-refractivity contribution < 1.29 is 4.79 Å². The highest BCUT2D eigenvalue weighted by Crippen LogP contribution is 2.29. The van der Waals surface area contributed by atoms with E-state index in [0.29, 0.717) is 11.4 Å². The van der Waals surface area contributed by atoms with Gasteiger partial charge in [0.25, 0.3) is 0 Å². The van der Waals surface area contributed by atoms with Crippen molar-refractivity contribution in [1.29, 1.82) is 0 Å². The predicted octanol–water partition coefficient (Wildman–Crippen LogP) is 2.92. The van der Waals surface area contributed by atoms with Gasteiger partial charge in [0, 0.05) is 29.7 Å². The molecule has 7 nitrogen and oxygen atoms in total. The van der Waals surface area contributed by atoms with Crippen LogP contribution >= 0.6 is 0 Å². The maximum absolute atomic E-state index is 12.3. The largest absolute Gasteiger partial charge is 0.369 e. The second-order valence-electron chi connectivity index (χ2n) is 6.60. The molecule has 29 heavy (non-hydrogen) atoms. The number of hydrogen-bond acceptors (Lipinski definition) is 6. The summed E-state index contributed by atoms with van der Waals surface area (Å²) in [6, 6.07) is 11.4. The van der Waals surface area contributed by atoms with Crippen LogP contribution in [-0.4, -0.2) is 31.1 Å². The van der Waals surface area contributed by atoms with Crippen LogP contribution in [0.25, 0.3) is 22.4 Å². The molecule has 3 aromatic heterocycles. The van der Waals surface area contributed by atoms with E-state index in [4.69, 9.17) is 5.73 Å². The van der Waals surface area contributed by atoms with Crippen molar-refractivity contribution >= 4 is 5.91 Å². The molecular formula is C22H18N6O. The van der Waals surface area contributed by atoms with Gasteiger partial charge in [-0.15, -0.1) is 0 Å². The van der Waals surface area contributed by atoms with Crippen LogP contribution in [0.3, 0.4) is 0 Å². The van der Waals surface area contributed by atoms with E-state index in [0.717, 1.165) is 27.8 Å². The molecule has 7 heteroatoms. The van der Waals surface area contributed by atoms with Crippen LogP contribution < -0.4 is 5.73 Å². The normalized spacial score (nSPS) is 11.8. The number of hydrogen-bond donors (Lipinski definition) is 1. The van der Waals surface area contributed by atoms with Gasteiger partial charge in [0.1, 0.15) is 5.92 Å². The minimum Gasteiger partial charge on any atom is -0.369 e. The van der Waals surface area contributed by atoms with Gasteiger partial charge >= 0.3 is 0 Å². The summed E-state index contributed by atoms with van der Waals surface area (Å²) in [6.07, 6.45) is 9.94. The van der Waals surface area contributed by atoms with E-state index in [-0.39, 0.29) is 0 Å². The van der Waals surface area contributed by atoms with Crippen molar-refractivity contribution in [3.63, 3.8) is 0 Å². The molecule has 0 fully saturated rings. The van der Waals surface area contributed by atoms with Crippen LogP contribution in [0.15, 0.2) is 73.6 Å². The minimum absolute atomic E-state index is 0.456. The lowest BCUT2D eigenvalue weighted by Gasteiger charge is -2.16. The number of carbonyl (C=O) groups is 1. The molecule has 1 unspecified atom stereocenters. The van der Waals surface area contributed by atoms with Crippen LogP contribution in [0, 0.1) is 6.92 Å². The molecule has 142 valence electrons. The van der Waals surface area contributed by atoms with Crippen LogP contribution in [0.4, 0.5) is 0 Å². The van der Waals surface area contributed by atoms with Gasteiger partial charge in [-0.05, 0) is 41.8 Å². The van der Waals surface area contributed by atoms with E-state index in [9.17, 15) is 4.79 Å². The number of rotatable bonds is 5. The summed E-state index contributed by atoms with van der Waals surface area (Å²) in [5.41, 5.74) is 11.6. The number of pyridine rings is 1. The lowest BCUT2D eigenvalue weighted by molar-refractivity contribution is -0.118. The van der Waals surface area contributed by atoms with Gasteiger partial charge in [-0.3, -0.25) is 19.7 Å². The van der Waals surface area contributed by atoms with Crippen molar-refractivity contribution in [2.45, 2.75) is 12.8 Å². The third kappa shape index (κ3) is 3.84. The molecule has 3 heterocycles. The van der Waals surface area contributed by atoms with Gasteiger partial charge in [-0.1, -0.05) is 18.2 Å². The number of nitrogens with zero attached hydrogens (tertiary/aromatic N) is 5. The fraction of sp³-hybridized carbons (Fsp3) is 0.0909. The average molecular weight is 382 g/mol. The number of nitrogens with two attached hydrogens (primary N) is 1. The first kappa shape index (κ1) is 18.4. The van der Waals surface area contributed by atoms with Crippen LogP contribution in [-0.2, 0) is 4.79 Å². The Balaban J connectivity index is 1.68. The summed E-state index contributed by atoms with van der Waals surface area (Å²) in [6.45, 7) is 1.99. The summed E-state index contributed by atoms with van der Waals surface area (Å²) in [5, 5.41) is 7.74. The van der Waals surface area contributed by atoms with E-state index in [1.165, 1.54) is 0 Å². The van der Waals surface area contributed by atoms with Crippen LogP contribution in [0.1, 0.15) is 22.7 Å². The first-order chi connectivity index (χ1) is 14.1. The number of primary amides is 1. The SMILES string of the molecule is Cc1cc(C(C(N)=O)c2ccc(-c3cnccn3)cn2)ccc1-c1ccnnc1. The Labute approximate surface area is 167 Å². The Morgan fingerprint density at radius 3 is 2.41 bits per heavy atom. The van der Waals surface area contributed by atoms with E-state index in [2.05, 4.69) is 25.1 Å². The number of aromatic nitrogens is 5. The van der Waals surface area contributed by atoms with E-state index >= 15 is 0 Å². The highest BCUT2D eigenvalue weighted by molar-refractivity contribution is 5.85. The van der Waals surface area contributed by atoms with Gasteiger partial charge in [0.15, 0.2) is 0 Å². The molecule has 4 aromatic rings. The molecular weight excluding hydrogens is 364 g/mol. The quantitative estimate of drug-likeness (QED) is 0.569. The summed E-state index contributed by atoms with van der Waals surface area (Å²) in [4.78, 5) is 25.1. The molecule has 0 bridgehead atoms. The lowest BCUT2D eigenvalue weighted by atomic mass is 9.90. The topological polar surface area (TPSA) is 108 Å². The highest BCUT2D eigenvalue weighted by atomic mass is 16.1. The Bertz CT molecular complexity index is 1130. The second-order valence-corrected chi connectivity index (χ2v) is 6.60. The smallest absolute Gasteiger partial charge is 0.231 e. The molecule has 2 N–H and O–H groups in total. The van der Waals surface area contributed by atoms with E-state index < -0.39 is 11.8 Å². The standard InChI is InChI=1S/C22H18N6O/c1-14-10-15(2-4-18(14)16-6-7-27-28-12-16)21(22(23)29)19-5-3-17(11-26-19)20-13-24-8-9-25-20/h2-13,21H,1H3,(H2,23,29). The lowest BCUT2D eigenvalue weighted by Crippen LogP contribution is -2.23. The predicted molar refractivity (Wildman–Crippen MR) is 109 cm³/mol. The van der Waals surface area contributed by atoms with Crippen molar-refractivity contribution in [1.82, 2.24) is 25.1 Å². The zero-order chi connectivity index (χ0) is 20.2. The van der Waals surface area contributed by atoms with Crippen molar-refractivity contribution in [2.75, 3.05) is 0 Å². The van der Waals surface area contributed by atoms with Gasteiger partial charge < -0.3 is 5.73 Å². The van der Waals surface area contributed by atoms with Crippen molar-refractivity contribution in [3.05, 3.63) is 90.4 Å². The number of amides is 1. The third-order valence-corrected chi connectivity index (χ3v) is 4.70. The monoisotopic (exact) mass is 382 g/mol. The zero-order valence-corrected chi connectivity index (χ0v) is 15.7. The highest BCUT2D eigenvalue weighted by Gasteiger charge is 2.22.